The first-order valence-electron chi connectivity index (χ1n) is 5.64. The molecule has 0 aliphatic carbocycles. The summed E-state index contributed by atoms with van der Waals surface area (Å²) in [5.41, 5.74) is 3.02. The van der Waals surface area contributed by atoms with E-state index in [2.05, 4.69) is 15.4 Å². The molecule has 1 amide bonds. The molecule has 0 bridgehead atoms. The van der Waals surface area contributed by atoms with Crippen LogP contribution in [-0.4, -0.2) is 24.3 Å². The van der Waals surface area contributed by atoms with Crippen LogP contribution in [0.25, 0.3) is 0 Å². The highest BCUT2D eigenvalue weighted by Crippen LogP contribution is 2.08. The fraction of sp³-hybridized carbons (Fsp3) is 0.0833. The predicted molar refractivity (Wildman–Crippen MR) is 71.0 cm³/mol. The van der Waals surface area contributed by atoms with Crippen molar-refractivity contribution in [1.29, 1.82) is 0 Å². The Morgan fingerprint density at radius 3 is 2.45 bits per heavy atom. The quantitative estimate of drug-likeness (QED) is 0.795. The molecule has 7 nitrogen and oxygen atoms in total. The van der Waals surface area contributed by atoms with Gasteiger partial charge in [-0.2, -0.15) is 0 Å². The number of nitrogens with zero attached hydrogens (tertiary/aromatic N) is 2. The van der Waals surface area contributed by atoms with Crippen LogP contribution in [0.4, 0.5) is 0 Å². The van der Waals surface area contributed by atoms with Gasteiger partial charge in [-0.25, -0.2) is 13.4 Å². The molecule has 104 valence electrons. The van der Waals surface area contributed by atoms with Crippen molar-refractivity contribution >= 4 is 15.9 Å². The molecule has 0 aliphatic heterocycles. The largest absolute Gasteiger partial charge is 0.286 e. The van der Waals surface area contributed by atoms with Gasteiger partial charge in [0, 0.05) is 12.4 Å². The Labute approximate surface area is 116 Å². The molecule has 0 atom stereocenters. The molecular formula is C12H12N4O3S. The summed E-state index contributed by atoms with van der Waals surface area (Å²) in [5, 5.41) is 0. The second-order valence-corrected chi connectivity index (χ2v) is 5.65. The molecule has 0 spiro atoms. The van der Waals surface area contributed by atoms with Crippen LogP contribution in [0.15, 0.2) is 47.8 Å². The lowest BCUT2D eigenvalue weighted by molar-refractivity contribution is 0.0939. The smallest absolute Gasteiger partial charge is 0.272 e. The third kappa shape index (κ3) is 3.37. The van der Waals surface area contributed by atoms with Crippen molar-refractivity contribution in [3.8, 4) is 0 Å². The van der Waals surface area contributed by atoms with Gasteiger partial charge >= 0.3 is 0 Å². The van der Waals surface area contributed by atoms with Gasteiger partial charge in [-0.15, -0.1) is 4.83 Å². The highest BCUT2D eigenvalue weighted by Gasteiger charge is 2.15. The number of amides is 1. The zero-order valence-corrected chi connectivity index (χ0v) is 11.4. The maximum atomic E-state index is 11.9. The number of rotatable bonds is 4. The fourth-order valence-electron chi connectivity index (χ4n) is 1.37. The standard InChI is InChI=1S/C12H12N4O3S/c1-9-2-4-10(5-3-9)20(18,19)16-15-12(17)11-8-13-6-7-14-11/h2-8,16H,1H3,(H,15,17). The topological polar surface area (TPSA) is 101 Å². The van der Waals surface area contributed by atoms with Gasteiger partial charge in [0.25, 0.3) is 15.9 Å². The molecule has 0 radical (unpaired) electrons. The first-order chi connectivity index (χ1) is 9.49. The third-order valence-corrected chi connectivity index (χ3v) is 3.69. The van der Waals surface area contributed by atoms with Gasteiger partial charge in [0.15, 0.2) is 0 Å². The van der Waals surface area contributed by atoms with Crippen molar-refractivity contribution in [3.63, 3.8) is 0 Å². The molecule has 1 aromatic heterocycles. The molecule has 0 aliphatic rings. The van der Waals surface area contributed by atoms with Crippen LogP contribution in [0.1, 0.15) is 16.1 Å². The molecule has 0 saturated heterocycles. The number of hydrogen-bond acceptors (Lipinski definition) is 5. The van der Waals surface area contributed by atoms with Gasteiger partial charge in [0.1, 0.15) is 5.69 Å². The first kappa shape index (κ1) is 14.1. The minimum atomic E-state index is -3.81. The molecule has 8 heteroatoms. The minimum Gasteiger partial charge on any atom is -0.272 e. The van der Waals surface area contributed by atoms with Crippen LogP contribution < -0.4 is 10.3 Å². The van der Waals surface area contributed by atoms with Crippen LogP contribution in [0.2, 0.25) is 0 Å². The first-order valence-corrected chi connectivity index (χ1v) is 7.12. The Morgan fingerprint density at radius 1 is 1.15 bits per heavy atom. The third-order valence-electron chi connectivity index (χ3n) is 2.43. The summed E-state index contributed by atoms with van der Waals surface area (Å²) < 4.78 is 23.8. The summed E-state index contributed by atoms with van der Waals surface area (Å²) in [6.07, 6.45) is 3.98. The van der Waals surface area contributed by atoms with Gasteiger partial charge < -0.3 is 0 Å². The minimum absolute atomic E-state index is 0.0131. The van der Waals surface area contributed by atoms with E-state index in [9.17, 15) is 13.2 Å². The van der Waals surface area contributed by atoms with Crippen molar-refractivity contribution in [3.05, 3.63) is 54.1 Å². The Kier molecular flexibility index (Phi) is 4.06. The highest BCUT2D eigenvalue weighted by atomic mass is 32.2. The lowest BCUT2D eigenvalue weighted by atomic mass is 10.2. The number of hydrogen-bond donors (Lipinski definition) is 2. The summed E-state index contributed by atoms with van der Waals surface area (Å²) in [6.45, 7) is 1.85. The summed E-state index contributed by atoms with van der Waals surface area (Å²) in [6, 6.07) is 6.23. The number of hydrazine groups is 1. The second-order valence-electron chi connectivity index (χ2n) is 3.96. The summed E-state index contributed by atoms with van der Waals surface area (Å²) in [7, 11) is -3.81. The number of sulfonamides is 1. The van der Waals surface area contributed by atoms with Crippen LogP contribution >= 0.6 is 0 Å². The number of aromatic nitrogens is 2. The van der Waals surface area contributed by atoms with E-state index in [1.807, 2.05) is 11.8 Å². The lowest BCUT2D eigenvalue weighted by Gasteiger charge is -2.08. The Bertz CT molecular complexity index is 699. The van der Waals surface area contributed by atoms with E-state index in [4.69, 9.17) is 0 Å². The van der Waals surface area contributed by atoms with Crippen LogP contribution in [0, 0.1) is 6.92 Å². The number of benzene rings is 1. The van der Waals surface area contributed by atoms with E-state index in [-0.39, 0.29) is 10.6 Å². The normalized spacial score (nSPS) is 11.1. The number of carbonyl (C=O) groups is 1. The molecule has 2 rings (SSSR count). The van der Waals surface area contributed by atoms with E-state index in [0.29, 0.717) is 0 Å². The summed E-state index contributed by atoms with van der Waals surface area (Å²) in [5.74, 6) is -0.686. The van der Waals surface area contributed by atoms with Gasteiger partial charge in [0.05, 0.1) is 11.1 Å². The molecule has 2 N–H and O–H groups in total. The molecule has 0 fully saturated rings. The van der Waals surface area contributed by atoms with E-state index < -0.39 is 15.9 Å². The number of aryl methyl sites for hydroxylation is 1. The Balaban J connectivity index is 2.06. The van der Waals surface area contributed by atoms with Crippen molar-refractivity contribution in [2.45, 2.75) is 11.8 Å². The summed E-state index contributed by atoms with van der Waals surface area (Å²) >= 11 is 0. The van der Waals surface area contributed by atoms with Crippen LogP contribution in [0.5, 0.6) is 0 Å². The van der Waals surface area contributed by atoms with Crippen molar-refractivity contribution in [2.75, 3.05) is 0 Å². The van der Waals surface area contributed by atoms with Crippen molar-refractivity contribution in [1.82, 2.24) is 20.2 Å². The predicted octanol–water partition coefficient (Wildman–Crippen LogP) is 0.408. The molecule has 1 heterocycles. The number of carbonyl (C=O) groups excluding carboxylic acids is 1. The Hall–Kier alpha value is -2.32. The molecule has 20 heavy (non-hydrogen) atoms. The highest BCUT2D eigenvalue weighted by molar-refractivity contribution is 7.89. The SMILES string of the molecule is Cc1ccc(S(=O)(=O)NNC(=O)c2cnccn2)cc1. The Morgan fingerprint density at radius 2 is 1.85 bits per heavy atom. The zero-order chi connectivity index (χ0) is 14.6. The molecule has 1 aromatic carbocycles. The molecular weight excluding hydrogens is 280 g/mol. The fourth-order valence-corrected chi connectivity index (χ4v) is 2.21. The van der Waals surface area contributed by atoms with E-state index >= 15 is 0 Å². The zero-order valence-electron chi connectivity index (χ0n) is 10.6. The van der Waals surface area contributed by atoms with Crippen LogP contribution in [-0.2, 0) is 10.0 Å². The van der Waals surface area contributed by atoms with E-state index in [0.717, 1.165) is 5.56 Å². The van der Waals surface area contributed by atoms with Gasteiger partial charge in [-0.05, 0) is 19.1 Å². The maximum absolute atomic E-state index is 11.9. The second kappa shape index (κ2) is 5.76. The van der Waals surface area contributed by atoms with Crippen molar-refractivity contribution in [2.24, 2.45) is 0 Å². The van der Waals surface area contributed by atoms with E-state index in [1.54, 1.807) is 12.1 Å². The lowest BCUT2D eigenvalue weighted by Crippen LogP contribution is -2.41. The number of nitrogens with one attached hydrogen (secondary N) is 2. The molecule has 0 unspecified atom stereocenters. The van der Waals surface area contributed by atoms with Crippen molar-refractivity contribution < 1.29 is 13.2 Å². The molecule has 0 saturated carbocycles. The molecule has 2 aromatic rings. The van der Waals surface area contributed by atoms with Crippen LogP contribution in [0.3, 0.4) is 0 Å². The average molecular weight is 292 g/mol. The average Bonchev–Trinajstić information content (AvgIpc) is 2.46. The van der Waals surface area contributed by atoms with Gasteiger partial charge in [-0.3, -0.25) is 15.2 Å². The monoisotopic (exact) mass is 292 g/mol. The van der Waals surface area contributed by atoms with E-state index in [1.165, 1.54) is 30.7 Å². The van der Waals surface area contributed by atoms with Gasteiger partial charge in [0.2, 0.25) is 0 Å². The summed E-state index contributed by atoms with van der Waals surface area (Å²) in [4.78, 5) is 21.2. The maximum Gasteiger partial charge on any atom is 0.286 e. The van der Waals surface area contributed by atoms with Gasteiger partial charge in [-0.1, -0.05) is 17.7 Å².